The van der Waals surface area contributed by atoms with Gasteiger partial charge in [0.25, 0.3) is 5.92 Å². The number of anilines is 1. The summed E-state index contributed by atoms with van der Waals surface area (Å²) in [5, 5.41) is 23.0. The first-order valence-electron chi connectivity index (χ1n) is 10.8. The van der Waals surface area contributed by atoms with Gasteiger partial charge in [0.15, 0.2) is 12.5 Å². The Morgan fingerprint density at radius 1 is 1.22 bits per heavy atom. The second-order valence-corrected chi connectivity index (χ2v) is 8.38. The van der Waals surface area contributed by atoms with Crippen molar-refractivity contribution in [3.63, 3.8) is 0 Å². The van der Waals surface area contributed by atoms with Crippen LogP contribution < -0.4 is 10.2 Å². The van der Waals surface area contributed by atoms with Crippen LogP contribution in [0.25, 0.3) is 10.9 Å². The molecule has 2 aliphatic heterocycles. The number of carboxylic acids is 2. The van der Waals surface area contributed by atoms with Gasteiger partial charge in [-0.3, -0.25) is 19.7 Å². The van der Waals surface area contributed by atoms with E-state index in [0.29, 0.717) is 10.9 Å². The number of urea groups is 1. The molecular weight excluding hydrogens is 513 g/mol. The van der Waals surface area contributed by atoms with Gasteiger partial charge >= 0.3 is 24.0 Å². The second-order valence-electron chi connectivity index (χ2n) is 8.38. The Morgan fingerprint density at radius 3 is 2.41 bits per heavy atom. The molecule has 2 saturated heterocycles. The van der Waals surface area contributed by atoms with Crippen molar-refractivity contribution in [2.24, 2.45) is 7.05 Å². The molecule has 202 valence electrons. The van der Waals surface area contributed by atoms with Crippen molar-refractivity contribution < 1.29 is 51.3 Å². The van der Waals surface area contributed by atoms with Crippen LogP contribution in [0.3, 0.4) is 0 Å². The number of amides is 3. The van der Waals surface area contributed by atoms with Gasteiger partial charge < -0.3 is 10.2 Å². The number of aliphatic carboxylic acids is 2. The molecule has 3 amide bonds. The summed E-state index contributed by atoms with van der Waals surface area (Å²) in [4.78, 5) is 44.5. The van der Waals surface area contributed by atoms with Gasteiger partial charge in [-0.1, -0.05) is 6.07 Å². The molecule has 0 saturated carbocycles. The minimum Gasteiger partial charge on any atom is -0.479 e. The third-order valence-electron chi connectivity index (χ3n) is 5.94. The molecule has 2 aromatic rings. The summed E-state index contributed by atoms with van der Waals surface area (Å²) >= 11 is 0. The van der Waals surface area contributed by atoms with E-state index in [9.17, 15) is 36.3 Å². The van der Waals surface area contributed by atoms with E-state index < -0.39 is 61.5 Å². The number of halogens is 5. The number of carbonyl (C=O) groups is 4. The second kappa shape index (κ2) is 10.3. The van der Waals surface area contributed by atoms with Crippen LogP contribution in [0.2, 0.25) is 0 Å². The van der Waals surface area contributed by atoms with Crippen LogP contribution in [0, 0.1) is 0 Å². The van der Waals surface area contributed by atoms with E-state index in [4.69, 9.17) is 15.0 Å². The first kappa shape index (κ1) is 27.8. The monoisotopic (exact) mass is 535 g/mol. The fourth-order valence-electron chi connectivity index (χ4n) is 4.16. The third kappa shape index (κ3) is 5.63. The molecular formula is C21H22F5N5O6. The maximum atomic E-state index is 14.8. The average molecular weight is 535 g/mol. The van der Waals surface area contributed by atoms with Gasteiger partial charge in [-0.05, 0) is 24.1 Å². The van der Waals surface area contributed by atoms with E-state index in [2.05, 4.69) is 10.4 Å². The number of benzene rings is 1. The Bertz CT molecular complexity index is 1240. The van der Waals surface area contributed by atoms with Gasteiger partial charge in [0.05, 0.1) is 18.0 Å². The van der Waals surface area contributed by atoms with Gasteiger partial charge in [0.2, 0.25) is 5.91 Å². The Labute approximate surface area is 205 Å². The summed E-state index contributed by atoms with van der Waals surface area (Å²) in [5.41, 5.74) is 0.630. The van der Waals surface area contributed by atoms with E-state index in [1.54, 1.807) is 7.05 Å². The summed E-state index contributed by atoms with van der Waals surface area (Å²) in [6.45, 7) is -3.07. The molecule has 2 aliphatic rings. The normalized spacial score (nSPS) is 20.3. The van der Waals surface area contributed by atoms with Crippen molar-refractivity contribution in [2.75, 3.05) is 31.2 Å². The van der Waals surface area contributed by atoms with E-state index in [1.807, 2.05) is 0 Å². The van der Waals surface area contributed by atoms with Gasteiger partial charge in [-0.15, -0.1) is 0 Å². The van der Waals surface area contributed by atoms with Gasteiger partial charge in [0.1, 0.15) is 0 Å². The van der Waals surface area contributed by atoms with Crippen LogP contribution in [-0.2, 0) is 21.4 Å². The van der Waals surface area contributed by atoms with E-state index in [-0.39, 0.29) is 35.7 Å². The van der Waals surface area contributed by atoms with Crippen LogP contribution in [0.1, 0.15) is 24.3 Å². The van der Waals surface area contributed by atoms with Crippen molar-refractivity contribution in [3.8, 4) is 0 Å². The minimum atomic E-state index is -4.38. The van der Waals surface area contributed by atoms with Crippen LogP contribution >= 0.6 is 0 Å². The van der Waals surface area contributed by atoms with Crippen LogP contribution in [0.15, 0.2) is 18.2 Å². The highest BCUT2D eigenvalue weighted by atomic mass is 19.3. The predicted molar refractivity (Wildman–Crippen MR) is 116 cm³/mol. The number of hydrogen-bond donors (Lipinski definition) is 3. The molecule has 16 heteroatoms. The lowest BCUT2D eigenvalue weighted by Gasteiger charge is -2.40. The molecule has 3 heterocycles. The maximum absolute atomic E-state index is 14.8. The minimum absolute atomic E-state index is 0.0250. The van der Waals surface area contributed by atoms with Gasteiger partial charge in [-0.2, -0.15) is 13.9 Å². The number of carbonyl (C=O) groups excluding carboxylic acids is 2. The number of aromatic nitrogens is 2. The molecule has 37 heavy (non-hydrogen) atoms. The molecule has 2 fully saturated rings. The number of carboxylic acid groups (broad SMARTS) is 2. The molecule has 11 nitrogen and oxygen atoms in total. The maximum Gasteiger partial charge on any atom is 0.402 e. The highest BCUT2D eigenvalue weighted by molar-refractivity contribution is 6.08. The predicted octanol–water partition coefficient (Wildman–Crippen LogP) is 2.16. The van der Waals surface area contributed by atoms with E-state index in [1.165, 1.54) is 27.8 Å². The first-order valence-corrected chi connectivity index (χ1v) is 10.8. The van der Waals surface area contributed by atoms with Crippen molar-refractivity contribution in [3.05, 3.63) is 23.8 Å². The number of likely N-dealkylation sites (tertiary alicyclic amines) is 1. The molecule has 1 aromatic heterocycles. The Hall–Kier alpha value is -3.82. The summed E-state index contributed by atoms with van der Waals surface area (Å²) in [7, 11) is 1.57. The van der Waals surface area contributed by atoms with Gasteiger partial charge in [-0.25, -0.2) is 32.5 Å². The number of nitrogens with one attached hydrogen (secondary N) is 1. The number of rotatable bonds is 5. The summed E-state index contributed by atoms with van der Waals surface area (Å²) in [6.07, 6.45) is -0.281. The van der Waals surface area contributed by atoms with Crippen molar-refractivity contribution in [2.45, 2.75) is 30.7 Å². The van der Waals surface area contributed by atoms with Crippen molar-refractivity contribution >= 4 is 40.6 Å². The van der Waals surface area contributed by atoms with Crippen LogP contribution in [0.5, 0.6) is 0 Å². The Kier molecular flexibility index (Phi) is 7.71. The van der Waals surface area contributed by atoms with Crippen molar-refractivity contribution in [1.82, 2.24) is 20.0 Å². The van der Waals surface area contributed by atoms with E-state index >= 15 is 0 Å². The van der Waals surface area contributed by atoms with E-state index in [0.717, 1.165) is 0 Å². The number of hydrogen-bond acceptors (Lipinski definition) is 6. The number of piperidine rings is 1. The number of alkyl halides is 5. The third-order valence-corrected chi connectivity index (χ3v) is 5.94. The fraction of sp³-hybridized carbons (Fsp3) is 0.476. The fourth-order valence-corrected chi connectivity index (χ4v) is 4.16. The summed E-state index contributed by atoms with van der Waals surface area (Å²) in [6, 6.07) is -0.618. The summed E-state index contributed by atoms with van der Waals surface area (Å²) < 4.78 is 69.0. The quantitative estimate of drug-likeness (QED) is 0.390. The highest BCUT2D eigenvalue weighted by Crippen LogP contribution is 2.43. The first-order chi connectivity index (χ1) is 17.2. The number of nitrogens with zero attached hydrogens (tertiary/aromatic N) is 4. The zero-order valence-electron chi connectivity index (χ0n) is 19.3. The zero-order valence-corrected chi connectivity index (χ0v) is 19.3. The number of imide groups is 1. The molecule has 1 atom stereocenters. The summed E-state index contributed by atoms with van der Waals surface area (Å²) in [5.74, 6) is -9.03. The lowest BCUT2D eigenvalue weighted by Crippen LogP contribution is -2.57. The molecule has 0 aliphatic carbocycles. The molecule has 0 radical (unpaired) electrons. The Morgan fingerprint density at radius 2 is 1.86 bits per heavy atom. The standard InChI is InChI=1S/C19H19F4N5O4.C2H3FO2/c1-26-13-8-10(12-4-6-27(9-18(12,20)21)19(22,23)16(30)31)2-3-11(13)15(25-26)28-7-5-14(29)24-17(28)32;3-1-2(4)5/h2-3,8,12H,4-7,9H2,1H3,(H,30,31)(H,24,29,32);1H2,(H,4,5). The number of fused-ring (bicyclic) bond motifs is 1. The Balaban J connectivity index is 0.000000695. The largest absolute Gasteiger partial charge is 0.479 e. The lowest BCUT2D eigenvalue weighted by molar-refractivity contribution is -0.218. The lowest BCUT2D eigenvalue weighted by atomic mass is 9.85. The molecule has 1 unspecified atom stereocenters. The smallest absolute Gasteiger partial charge is 0.402 e. The topological polar surface area (TPSA) is 145 Å². The van der Waals surface area contributed by atoms with Crippen molar-refractivity contribution in [1.29, 1.82) is 0 Å². The molecule has 1 aromatic carbocycles. The molecule has 0 spiro atoms. The van der Waals surface area contributed by atoms with Crippen LogP contribution in [-0.4, -0.2) is 87.0 Å². The molecule has 3 N–H and O–H groups in total. The SMILES string of the molecule is Cn1nc(N2CCC(=O)NC2=O)c2ccc(C3CCN(C(F)(F)C(=O)O)CC3(F)F)cc21.O=C(O)CF. The molecule has 0 bridgehead atoms. The highest BCUT2D eigenvalue weighted by Gasteiger charge is 2.55. The van der Waals surface area contributed by atoms with Crippen LogP contribution in [0.4, 0.5) is 32.6 Å². The zero-order chi connectivity index (χ0) is 27.7. The number of aryl methyl sites for hydroxylation is 1. The average Bonchev–Trinajstić information content (AvgIpc) is 3.14. The molecule has 4 rings (SSSR count). The van der Waals surface area contributed by atoms with Gasteiger partial charge in [0, 0.05) is 31.9 Å².